The maximum Gasteiger partial charge on any atom is 0.141 e. The van der Waals surface area contributed by atoms with E-state index in [0.29, 0.717) is 6.61 Å². The Kier molecular flexibility index (Phi) is 3.13. The van der Waals surface area contributed by atoms with Crippen LogP contribution in [0.5, 0.6) is 5.75 Å². The van der Waals surface area contributed by atoms with Crippen LogP contribution in [0.25, 0.3) is 0 Å². The van der Waals surface area contributed by atoms with Gasteiger partial charge in [0.25, 0.3) is 0 Å². The Morgan fingerprint density at radius 2 is 1.69 bits per heavy atom. The summed E-state index contributed by atoms with van der Waals surface area (Å²) in [6.07, 6.45) is 0.261. The van der Waals surface area contributed by atoms with Gasteiger partial charge in [-0.2, -0.15) is 0 Å². The molecule has 0 spiro atoms. The molecule has 1 heterocycles. The smallest absolute Gasteiger partial charge is 0.141 e. The molecule has 0 bridgehead atoms. The van der Waals surface area contributed by atoms with Gasteiger partial charge in [0.2, 0.25) is 0 Å². The quantitative estimate of drug-likeness (QED) is 0.756. The van der Waals surface area contributed by atoms with E-state index in [9.17, 15) is 0 Å². The number of ether oxygens (including phenoxy) is 2. The highest BCUT2D eigenvalue weighted by atomic mass is 35.5. The molecule has 0 radical (unpaired) electrons. The molecule has 16 heavy (non-hydrogen) atoms. The SMILES string of the molecule is Cc1c(C)c(C)c(OCC2CO2)c(Cl)c1C. The number of hydrogen-bond acceptors (Lipinski definition) is 2. The van der Waals surface area contributed by atoms with Gasteiger partial charge in [-0.1, -0.05) is 11.6 Å². The van der Waals surface area contributed by atoms with Gasteiger partial charge in [-0.3, -0.25) is 0 Å². The summed E-state index contributed by atoms with van der Waals surface area (Å²) in [7, 11) is 0. The van der Waals surface area contributed by atoms with E-state index in [4.69, 9.17) is 21.1 Å². The highest BCUT2D eigenvalue weighted by molar-refractivity contribution is 6.33. The highest BCUT2D eigenvalue weighted by Gasteiger charge is 2.24. The molecule has 0 aromatic heterocycles. The third-order valence-corrected chi connectivity index (χ3v) is 3.83. The standard InChI is InChI=1S/C13H17ClO2/c1-7-8(2)10(4)13(12(14)9(7)3)16-6-11-5-15-11/h11H,5-6H2,1-4H3. The van der Waals surface area contributed by atoms with E-state index in [-0.39, 0.29) is 6.10 Å². The molecule has 1 aromatic rings. The zero-order valence-corrected chi connectivity index (χ0v) is 10.9. The van der Waals surface area contributed by atoms with Crippen molar-refractivity contribution < 1.29 is 9.47 Å². The minimum absolute atomic E-state index is 0.261. The lowest BCUT2D eigenvalue weighted by Crippen LogP contribution is -2.07. The van der Waals surface area contributed by atoms with Crippen molar-refractivity contribution in [3.05, 3.63) is 27.3 Å². The van der Waals surface area contributed by atoms with Crippen LogP contribution in [0.15, 0.2) is 0 Å². The molecule has 2 nitrogen and oxygen atoms in total. The van der Waals surface area contributed by atoms with E-state index in [1.807, 2.05) is 6.92 Å². The van der Waals surface area contributed by atoms with Crippen LogP contribution in [0.1, 0.15) is 22.3 Å². The average molecular weight is 241 g/mol. The Hall–Kier alpha value is -0.730. The zero-order valence-electron chi connectivity index (χ0n) is 10.2. The van der Waals surface area contributed by atoms with E-state index in [0.717, 1.165) is 28.5 Å². The Morgan fingerprint density at radius 1 is 1.12 bits per heavy atom. The van der Waals surface area contributed by atoms with Gasteiger partial charge in [0.15, 0.2) is 0 Å². The molecule has 0 amide bonds. The molecular weight excluding hydrogens is 224 g/mol. The lowest BCUT2D eigenvalue weighted by molar-refractivity contribution is 0.261. The van der Waals surface area contributed by atoms with Crippen LogP contribution in [0.2, 0.25) is 5.02 Å². The Morgan fingerprint density at radius 3 is 2.25 bits per heavy atom. The van der Waals surface area contributed by atoms with Crippen molar-refractivity contribution >= 4 is 11.6 Å². The largest absolute Gasteiger partial charge is 0.489 e. The van der Waals surface area contributed by atoms with Crippen LogP contribution < -0.4 is 4.74 Å². The van der Waals surface area contributed by atoms with Gasteiger partial charge in [0.05, 0.1) is 11.6 Å². The van der Waals surface area contributed by atoms with Crippen molar-refractivity contribution in [1.82, 2.24) is 0 Å². The highest BCUT2D eigenvalue weighted by Crippen LogP contribution is 2.36. The van der Waals surface area contributed by atoms with E-state index in [1.165, 1.54) is 11.1 Å². The summed E-state index contributed by atoms with van der Waals surface area (Å²) in [4.78, 5) is 0. The maximum absolute atomic E-state index is 6.31. The summed E-state index contributed by atoms with van der Waals surface area (Å²) in [6, 6.07) is 0. The third-order valence-electron chi connectivity index (χ3n) is 3.37. The fourth-order valence-corrected chi connectivity index (χ4v) is 2.08. The van der Waals surface area contributed by atoms with Gasteiger partial charge < -0.3 is 9.47 Å². The average Bonchev–Trinajstić information content (AvgIpc) is 3.07. The Labute approximate surface area is 102 Å². The normalized spacial score (nSPS) is 18.7. The van der Waals surface area contributed by atoms with Gasteiger partial charge in [-0.25, -0.2) is 0 Å². The molecule has 1 aliphatic rings. The molecule has 0 N–H and O–H groups in total. The molecule has 1 aromatic carbocycles. The monoisotopic (exact) mass is 240 g/mol. The molecule has 1 fully saturated rings. The Balaban J connectivity index is 2.34. The minimum atomic E-state index is 0.261. The molecule has 1 atom stereocenters. The van der Waals surface area contributed by atoms with E-state index in [2.05, 4.69) is 20.8 Å². The predicted octanol–water partition coefficient (Wildman–Crippen LogP) is 3.35. The number of hydrogen-bond donors (Lipinski definition) is 0. The first-order chi connectivity index (χ1) is 7.52. The van der Waals surface area contributed by atoms with Crippen LogP contribution in [0, 0.1) is 27.7 Å². The van der Waals surface area contributed by atoms with Crippen molar-refractivity contribution in [3.63, 3.8) is 0 Å². The second-order valence-corrected chi connectivity index (χ2v) is 4.79. The number of halogens is 1. The first kappa shape index (κ1) is 11.7. The summed E-state index contributed by atoms with van der Waals surface area (Å²) < 4.78 is 10.9. The third kappa shape index (κ3) is 2.04. The molecule has 1 aliphatic heterocycles. The lowest BCUT2D eigenvalue weighted by atomic mass is 9.98. The fraction of sp³-hybridized carbons (Fsp3) is 0.538. The summed E-state index contributed by atoms with van der Waals surface area (Å²) in [6.45, 7) is 9.69. The van der Waals surface area contributed by atoms with E-state index in [1.54, 1.807) is 0 Å². The van der Waals surface area contributed by atoms with Crippen molar-refractivity contribution in [3.8, 4) is 5.75 Å². The van der Waals surface area contributed by atoms with Crippen molar-refractivity contribution in [2.45, 2.75) is 33.8 Å². The van der Waals surface area contributed by atoms with Crippen LogP contribution in [-0.4, -0.2) is 19.3 Å². The summed E-state index contributed by atoms with van der Waals surface area (Å²) >= 11 is 6.31. The summed E-state index contributed by atoms with van der Waals surface area (Å²) in [5, 5.41) is 0.737. The molecular formula is C13H17ClO2. The Bertz CT molecular complexity index is 393. The number of rotatable bonds is 3. The molecule has 2 rings (SSSR count). The fourth-order valence-electron chi connectivity index (χ4n) is 1.74. The first-order valence-corrected chi connectivity index (χ1v) is 5.90. The number of benzene rings is 1. The van der Waals surface area contributed by atoms with Gasteiger partial charge in [0, 0.05) is 0 Å². The molecule has 3 heteroatoms. The van der Waals surface area contributed by atoms with Gasteiger partial charge in [-0.15, -0.1) is 0 Å². The predicted molar refractivity (Wildman–Crippen MR) is 65.6 cm³/mol. The van der Waals surface area contributed by atoms with Crippen molar-refractivity contribution in [2.24, 2.45) is 0 Å². The maximum atomic E-state index is 6.31. The number of epoxide rings is 1. The molecule has 1 saturated heterocycles. The van der Waals surface area contributed by atoms with Crippen molar-refractivity contribution in [1.29, 1.82) is 0 Å². The second-order valence-electron chi connectivity index (χ2n) is 4.41. The first-order valence-electron chi connectivity index (χ1n) is 5.52. The van der Waals surface area contributed by atoms with Crippen LogP contribution in [-0.2, 0) is 4.74 Å². The van der Waals surface area contributed by atoms with Crippen molar-refractivity contribution in [2.75, 3.05) is 13.2 Å². The topological polar surface area (TPSA) is 21.8 Å². The molecule has 0 saturated carbocycles. The van der Waals surface area contributed by atoms with Gasteiger partial charge in [0.1, 0.15) is 18.5 Å². The van der Waals surface area contributed by atoms with Crippen LogP contribution >= 0.6 is 11.6 Å². The molecule has 88 valence electrons. The zero-order chi connectivity index (χ0) is 11.9. The second kappa shape index (κ2) is 4.27. The summed E-state index contributed by atoms with van der Waals surface area (Å²) in [5.41, 5.74) is 4.75. The van der Waals surface area contributed by atoms with Gasteiger partial charge >= 0.3 is 0 Å². The lowest BCUT2D eigenvalue weighted by Gasteiger charge is -2.17. The van der Waals surface area contributed by atoms with E-state index >= 15 is 0 Å². The van der Waals surface area contributed by atoms with Gasteiger partial charge in [-0.05, 0) is 49.9 Å². The minimum Gasteiger partial charge on any atom is -0.489 e. The molecule has 1 unspecified atom stereocenters. The molecule has 0 aliphatic carbocycles. The van der Waals surface area contributed by atoms with Crippen LogP contribution in [0.3, 0.4) is 0 Å². The van der Waals surface area contributed by atoms with E-state index < -0.39 is 0 Å². The van der Waals surface area contributed by atoms with Crippen LogP contribution in [0.4, 0.5) is 0 Å². The summed E-state index contributed by atoms with van der Waals surface area (Å²) in [5.74, 6) is 0.817.